The number of carbonyl (C=O) groups excluding carboxylic acids is 2. The molecule has 0 saturated carbocycles. The van der Waals surface area contributed by atoms with Crippen LogP contribution in [0.5, 0.6) is 11.5 Å². The number of hydrogen-bond donors (Lipinski definition) is 0. The normalized spacial score (nSPS) is 13.9. The molecular weight excluding hydrogens is 448 g/mol. The highest BCUT2D eigenvalue weighted by molar-refractivity contribution is 6.26. The van der Waals surface area contributed by atoms with Crippen LogP contribution in [0, 0.1) is 0 Å². The second-order valence-corrected chi connectivity index (χ2v) is 8.98. The number of para-hydroxylation sites is 4. The van der Waals surface area contributed by atoms with Gasteiger partial charge in [-0.15, -0.1) is 0 Å². The number of nitrogens with zero attached hydrogens (tertiary/aromatic N) is 2. The molecule has 0 unspecified atom stereocenters. The lowest BCUT2D eigenvalue weighted by molar-refractivity contribution is 0.0650. The van der Waals surface area contributed by atoms with Gasteiger partial charge in [0.2, 0.25) is 0 Å². The van der Waals surface area contributed by atoms with E-state index in [0.717, 1.165) is 50.5 Å². The van der Waals surface area contributed by atoms with E-state index in [1.165, 1.54) is 11.9 Å². The third-order valence-electron chi connectivity index (χ3n) is 6.98. The van der Waals surface area contributed by atoms with Gasteiger partial charge in [0.1, 0.15) is 0 Å². The molecule has 0 bridgehead atoms. The molecule has 0 aliphatic carbocycles. The van der Waals surface area contributed by atoms with Crippen LogP contribution in [0.25, 0.3) is 21.9 Å². The minimum Gasteiger partial charge on any atom is -0.453 e. The Morgan fingerprint density at radius 1 is 0.583 bits per heavy atom. The first kappa shape index (κ1) is 20.5. The van der Waals surface area contributed by atoms with Gasteiger partial charge in [0, 0.05) is 29.2 Å². The van der Waals surface area contributed by atoms with Crippen LogP contribution in [0.15, 0.2) is 103 Å². The van der Waals surface area contributed by atoms with Crippen molar-refractivity contribution in [2.45, 2.75) is 0 Å². The number of ether oxygens (including phenoxy) is 1. The molecule has 0 saturated heterocycles. The highest BCUT2D eigenvalue weighted by atomic mass is 16.5. The third kappa shape index (κ3) is 2.83. The van der Waals surface area contributed by atoms with Crippen LogP contribution in [0.3, 0.4) is 0 Å². The SMILES string of the molecule is CN1C(=O)c2cccc3c(-c4ccc(N5c6ccccc6Oc6ccccc65)cc4)ccc(c23)C1=O. The zero-order valence-corrected chi connectivity index (χ0v) is 19.4. The minimum atomic E-state index is -0.268. The molecule has 0 aromatic heterocycles. The molecule has 0 N–H and O–H groups in total. The molecule has 2 amide bonds. The first-order chi connectivity index (χ1) is 17.6. The quantitative estimate of drug-likeness (QED) is 0.250. The Labute approximate surface area is 207 Å². The summed E-state index contributed by atoms with van der Waals surface area (Å²) < 4.78 is 6.13. The number of rotatable bonds is 2. The molecule has 5 nitrogen and oxygen atoms in total. The summed E-state index contributed by atoms with van der Waals surface area (Å²) in [6.07, 6.45) is 0. The van der Waals surface area contributed by atoms with Crippen molar-refractivity contribution >= 4 is 39.6 Å². The lowest BCUT2D eigenvalue weighted by Gasteiger charge is -2.32. The van der Waals surface area contributed by atoms with Crippen molar-refractivity contribution in [2.75, 3.05) is 11.9 Å². The zero-order valence-electron chi connectivity index (χ0n) is 19.4. The van der Waals surface area contributed by atoms with Crippen LogP contribution in [0.2, 0.25) is 0 Å². The lowest BCUT2D eigenvalue weighted by atomic mass is 9.89. The number of amides is 2. The Kier molecular flexibility index (Phi) is 4.29. The summed E-state index contributed by atoms with van der Waals surface area (Å²) in [5, 5.41) is 1.62. The van der Waals surface area contributed by atoms with Crippen LogP contribution in [0.4, 0.5) is 17.1 Å². The van der Waals surface area contributed by atoms with Crippen LogP contribution in [-0.2, 0) is 0 Å². The third-order valence-corrected chi connectivity index (χ3v) is 6.98. The van der Waals surface area contributed by atoms with E-state index in [-0.39, 0.29) is 11.8 Å². The summed E-state index contributed by atoms with van der Waals surface area (Å²) >= 11 is 0. The van der Waals surface area contributed by atoms with E-state index >= 15 is 0 Å². The standard InChI is InChI=1S/C31H20N2O3/c1-32-30(34)23-8-6-7-22-21(17-18-24(29(22)23)31(32)35)19-13-15-20(16-14-19)33-25-9-2-4-11-27(25)36-28-12-5-3-10-26(28)33/h2-18H,1H3. The monoisotopic (exact) mass is 468 g/mol. The van der Waals surface area contributed by atoms with Crippen molar-refractivity contribution in [3.63, 3.8) is 0 Å². The molecule has 2 heterocycles. The first-order valence-corrected chi connectivity index (χ1v) is 11.8. The fourth-order valence-corrected chi connectivity index (χ4v) is 5.24. The molecule has 5 heteroatoms. The Balaban J connectivity index is 1.36. The topological polar surface area (TPSA) is 49.9 Å². The summed E-state index contributed by atoms with van der Waals surface area (Å²) in [5.74, 6) is 1.08. The van der Waals surface area contributed by atoms with Crippen molar-refractivity contribution < 1.29 is 14.3 Å². The van der Waals surface area contributed by atoms with Gasteiger partial charge >= 0.3 is 0 Å². The molecule has 2 aliphatic heterocycles. The van der Waals surface area contributed by atoms with E-state index in [0.29, 0.717) is 11.1 Å². The summed E-state index contributed by atoms with van der Waals surface area (Å²) in [6, 6.07) is 33.8. The van der Waals surface area contributed by atoms with Crippen molar-refractivity contribution in [3.8, 4) is 22.6 Å². The van der Waals surface area contributed by atoms with Gasteiger partial charge in [-0.3, -0.25) is 14.5 Å². The summed E-state index contributed by atoms with van der Waals surface area (Å²) in [7, 11) is 1.53. The molecule has 2 aliphatic rings. The maximum Gasteiger partial charge on any atom is 0.261 e. The highest BCUT2D eigenvalue weighted by Crippen LogP contribution is 2.50. The van der Waals surface area contributed by atoms with Crippen molar-refractivity contribution in [1.82, 2.24) is 4.90 Å². The van der Waals surface area contributed by atoms with E-state index in [4.69, 9.17) is 4.74 Å². The number of hydrogen-bond acceptors (Lipinski definition) is 4. The highest BCUT2D eigenvalue weighted by Gasteiger charge is 2.31. The smallest absolute Gasteiger partial charge is 0.261 e. The van der Waals surface area contributed by atoms with E-state index < -0.39 is 0 Å². The molecule has 36 heavy (non-hydrogen) atoms. The lowest BCUT2D eigenvalue weighted by Crippen LogP contribution is -2.36. The van der Waals surface area contributed by atoms with Crippen molar-refractivity contribution in [3.05, 3.63) is 114 Å². The summed E-state index contributed by atoms with van der Waals surface area (Å²) in [6.45, 7) is 0. The Morgan fingerprint density at radius 3 is 1.83 bits per heavy atom. The van der Waals surface area contributed by atoms with Crippen molar-refractivity contribution in [1.29, 1.82) is 0 Å². The first-order valence-electron chi connectivity index (χ1n) is 11.8. The van der Waals surface area contributed by atoms with Gasteiger partial charge in [0.25, 0.3) is 11.8 Å². The molecule has 0 fully saturated rings. The minimum absolute atomic E-state index is 0.268. The molecule has 7 rings (SSSR count). The Hall–Kier alpha value is -4.90. The fourth-order valence-electron chi connectivity index (χ4n) is 5.24. The Bertz CT molecular complexity index is 1650. The molecule has 0 radical (unpaired) electrons. The van der Waals surface area contributed by atoms with E-state index in [1.54, 1.807) is 6.07 Å². The summed E-state index contributed by atoms with van der Waals surface area (Å²) in [5.41, 5.74) is 6.08. The number of fused-ring (bicyclic) bond motifs is 2. The average Bonchev–Trinajstić information content (AvgIpc) is 2.93. The number of anilines is 3. The number of carbonyl (C=O) groups is 2. The maximum atomic E-state index is 12.8. The second kappa shape index (κ2) is 7.55. The Morgan fingerprint density at radius 2 is 1.17 bits per heavy atom. The molecule has 5 aromatic carbocycles. The van der Waals surface area contributed by atoms with Gasteiger partial charge in [0.05, 0.1) is 11.4 Å². The second-order valence-electron chi connectivity index (χ2n) is 8.98. The molecule has 0 spiro atoms. The van der Waals surface area contributed by atoms with Gasteiger partial charge in [-0.1, -0.05) is 54.6 Å². The number of imide groups is 1. The van der Waals surface area contributed by atoms with Gasteiger partial charge < -0.3 is 9.64 Å². The molecule has 172 valence electrons. The number of benzene rings is 5. The van der Waals surface area contributed by atoms with Gasteiger partial charge in [0.15, 0.2) is 11.5 Å². The van der Waals surface area contributed by atoms with Crippen LogP contribution in [0.1, 0.15) is 20.7 Å². The van der Waals surface area contributed by atoms with Crippen LogP contribution < -0.4 is 9.64 Å². The maximum absolute atomic E-state index is 12.8. The van der Waals surface area contributed by atoms with E-state index in [9.17, 15) is 9.59 Å². The average molecular weight is 469 g/mol. The zero-order chi connectivity index (χ0) is 24.4. The predicted molar refractivity (Wildman–Crippen MR) is 141 cm³/mol. The van der Waals surface area contributed by atoms with Gasteiger partial charge in [-0.05, 0) is 65.0 Å². The van der Waals surface area contributed by atoms with Gasteiger partial charge in [-0.25, -0.2) is 0 Å². The largest absolute Gasteiger partial charge is 0.453 e. The summed E-state index contributed by atoms with van der Waals surface area (Å²) in [4.78, 5) is 28.9. The van der Waals surface area contributed by atoms with Crippen molar-refractivity contribution in [2.24, 2.45) is 0 Å². The van der Waals surface area contributed by atoms with Crippen LogP contribution in [-0.4, -0.2) is 23.8 Å². The van der Waals surface area contributed by atoms with E-state index in [2.05, 4.69) is 41.3 Å². The van der Waals surface area contributed by atoms with Gasteiger partial charge in [-0.2, -0.15) is 0 Å². The fraction of sp³-hybridized carbons (Fsp3) is 0.0323. The predicted octanol–water partition coefficient (Wildman–Crippen LogP) is 7.31. The van der Waals surface area contributed by atoms with Crippen LogP contribution >= 0.6 is 0 Å². The molecule has 0 atom stereocenters. The molecular formula is C31H20N2O3. The molecule has 5 aromatic rings. The van der Waals surface area contributed by atoms with E-state index in [1.807, 2.05) is 60.7 Å².